The summed E-state index contributed by atoms with van der Waals surface area (Å²) in [7, 11) is 3.26. The molecule has 1 saturated heterocycles. The van der Waals surface area contributed by atoms with Crippen LogP contribution in [0.15, 0.2) is 78.9 Å². The predicted molar refractivity (Wildman–Crippen MR) is 153 cm³/mol. The lowest BCUT2D eigenvalue weighted by molar-refractivity contribution is -0.167. The van der Waals surface area contributed by atoms with Crippen LogP contribution in [0.5, 0.6) is 5.75 Å². The minimum absolute atomic E-state index is 0. The Bertz CT molecular complexity index is 1190. The molecule has 39 heavy (non-hydrogen) atoms. The number of benzene rings is 3. The van der Waals surface area contributed by atoms with E-state index in [2.05, 4.69) is 9.80 Å². The Kier molecular flexibility index (Phi) is 10.8. The minimum Gasteiger partial charge on any atom is -0.497 e. The molecule has 210 valence electrons. The Labute approximate surface area is 241 Å². The van der Waals surface area contributed by atoms with E-state index in [-0.39, 0.29) is 42.7 Å². The Hall–Kier alpha value is -2.68. The van der Waals surface area contributed by atoms with Gasteiger partial charge < -0.3 is 14.2 Å². The first-order valence-electron chi connectivity index (χ1n) is 12.7. The molecular weight excluding hydrogens is 542 g/mol. The lowest BCUT2D eigenvalue weighted by Gasteiger charge is -2.39. The van der Waals surface area contributed by atoms with E-state index in [0.29, 0.717) is 6.42 Å². The standard InChI is InChI=1S/C30H33FN2O4.2ClH/c1-35-26-14-10-24(11-15-26)30(20-27(30)36-2)29(34)37-28(23-6-4-3-5-7-23)33-18-16-32(17-19-33)21-22-8-12-25(31)13-9-22;;/h3-15,27-28H,16-21H2,1-2H3;2*1H/t27-,28?,30-;;/m0../s1. The molecule has 3 aromatic rings. The summed E-state index contributed by atoms with van der Waals surface area (Å²) in [6.07, 6.45) is -0.131. The van der Waals surface area contributed by atoms with Crippen molar-refractivity contribution < 1.29 is 23.4 Å². The maximum atomic E-state index is 13.8. The summed E-state index contributed by atoms with van der Waals surface area (Å²) in [6, 6.07) is 24.1. The number of esters is 1. The molecule has 5 rings (SSSR count). The third kappa shape index (κ3) is 6.73. The second kappa shape index (κ2) is 13.6. The normalized spacial score (nSPS) is 21.7. The van der Waals surface area contributed by atoms with Gasteiger partial charge >= 0.3 is 5.97 Å². The zero-order chi connectivity index (χ0) is 25.8. The number of carbonyl (C=O) groups excluding carboxylic acids is 1. The maximum absolute atomic E-state index is 13.8. The molecule has 1 aliphatic heterocycles. The average Bonchev–Trinajstić information content (AvgIpc) is 3.70. The van der Waals surface area contributed by atoms with Crippen LogP contribution in [0, 0.1) is 5.82 Å². The number of nitrogens with zero attached hydrogens (tertiary/aromatic N) is 2. The minimum atomic E-state index is -0.821. The van der Waals surface area contributed by atoms with E-state index in [1.807, 2.05) is 66.7 Å². The molecule has 0 spiro atoms. The van der Waals surface area contributed by atoms with Crippen molar-refractivity contribution in [2.45, 2.75) is 30.7 Å². The van der Waals surface area contributed by atoms with Gasteiger partial charge in [0.2, 0.25) is 0 Å². The van der Waals surface area contributed by atoms with Crippen molar-refractivity contribution in [3.63, 3.8) is 0 Å². The van der Waals surface area contributed by atoms with Gasteiger partial charge in [0.1, 0.15) is 17.0 Å². The van der Waals surface area contributed by atoms with Gasteiger partial charge in [0.25, 0.3) is 0 Å². The van der Waals surface area contributed by atoms with Crippen molar-refractivity contribution in [1.29, 1.82) is 0 Å². The van der Waals surface area contributed by atoms with Crippen LogP contribution in [0.3, 0.4) is 0 Å². The molecule has 2 fully saturated rings. The molecule has 3 aromatic carbocycles. The van der Waals surface area contributed by atoms with Crippen molar-refractivity contribution in [1.82, 2.24) is 9.80 Å². The average molecular weight is 578 g/mol. The molecule has 1 heterocycles. The smallest absolute Gasteiger partial charge is 0.321 e. The molecule has 9 heteroatoms. The summed E-state index contributed by atoms with van der Waals surface area (Å²) < 4.78 is 30.5. The van der Waals surface area contributed by atoms with E-state index >= 15 is 0 Å². The first kappa shape index (κ1) is 30.9. The van der Waals surface area contributed by atoms with Crippen molar-refractivity contribution in [3.8, 4) is 5.75 Å². The summed E-state index contributed by atoms with van der Waals surface area (Å²) in [4.78, 5) is 18.4. The van der Waals surface area contributed by atoms with Gasteiger partial charge in [-0.25, -0.2) is 4.39 Å². The van der Waals surface area contributed by atoms with E-state index in [9.17, 15) is 9.18 Å². The molecular formula is C30H35Cl2FN2O4. The van der Waals surface area contributed by atoms with E-state index in [0.717, 1.165) is 55.2 Å². The van der Waals surface area contributed by atoms with E-state index in [1.54, 1.807) is 14.2 Å². The first-order chi connectivity index (χ1) is 18.0. The number of halogens is 3. The number of ether oxygens (including phenoxy) is 3. The quantitative estimate of drug-likeness (QED) is 0.318. The van der Waals surface area contributed by atoms with Crippen LogP contribution in [0.1, 0.15) is 29.3 Å². The number of hydrogen-bond acceptors (Lipinski definition) is 6. The molecule has 1 saturated carbocycles. The Balaban J connectivity index is 0.00000210. The maximum Gasteiger partial charge on any atom is 0.321 e. The van der Waals surface area contributed by atoms with Gasteiger partial charge in [0.15, 0.2) is 6.23 Å². The van der Waals surface area contributed by atoms with Gasteiger partial charge in [-0.05, 0) is 41.8 Å². The van der Waals surface area contributed by atoms with E-state index in [1.165, 1.54) is 12.1 Å². The first-order valence-corrected chi connectivity index (χ1v) is 12.7. The molecule has 2 aliphatic rings. The molecule has 1 aliphatic carbocycles. The highest BCUT2D eigenvalue weighted by Crippen LogP contribution is 2.52. The fraction of sp³-hybridized carbons (Fsp3) is 0.367. The highest BCUT2D eigenvalue weighted by molar-refractivity contribution is 5.88. The predicted octanol–water partition coefficient (Wildman–Crippen LogP) is 5.39. The number of piperazine rings is 1. The highest BCUT2D eigenvalue weighted by atomic mass is 35.5. The molecule has 3 atom stereocenters. The van der Waals surface area contributed by atoms with Gasteiger partial charge in [0, 0.05) is 45.4 Å². The van der Waals surface area contributed by atoms with Gasteiger partial charge in [-0.2, -0.15) is 0 Å². The number of hydrogen-bond donors (Lipinski definition) is 0. The summed E-state index contributed by atoms with van der Waals surface area (Å²) >= 11 is 0. The summed E-state index contributed by atoms with van der Waals surface area (Å²) in [5.41, 5.74) is 2.09. The van der Waals surface area contributed by atoms with Crippen LogP contribution in [0.2, 0.25) is 0 Å². The van der Waals surface area contributed by atoms with Crippen LogP contribution in [-0.2, 0) is 26.2 Å². The molecule has 0 aromatic heterocycles. The Morgan fingerprint density at radius 2 is 1.56 bits per heavy atom. The molecule has 0 radical (unpaired) electrons. The Morgan fingerprint density at radius 3 is 2.13 bits per heavy atom. The van der Waals surface area contributed by atoms with E-state index < -0.39 is 11.6 Å². The largest absolute Gasteiger partial charge is 0.497 e. The van der Waals surface area contributed by atoms with Crippen molar-refractivity contribution >= 4 is 30.8 Å². The summed E-state index contributed by atoms with van der Waals surface area (Å²) in [5, 5.41) is 0. The Morgan fingerprint density at radius 1 is 0.923 bits per heavy atom. The summed E-state index contributed by atoms with van der Waals surface area (Å²) in [6.45, 7) is 3.90. The van der Waals surface area contributed by atoms with Crippen molar-refractivity contribution in [2.24, 2.45) is 0 Å². The van der Waals surface area contributed by atoms with Crippen LogP contribution < -0.4 is 4.74 Å². The van der Waals surface area contributed by atoms with Gasteiger partial charge in [-0.3, -0.25) is 14.6 Å². The number of carbonyl (C=O) groups is 1. The second-order valence-corrected chi connectivity index (χ2v) is 9.74. The third-order valence-corrected chi connectivity index (χ3v) is 7.51. The lowest BCUT2D eigenvalue weighted by Crippen LogP contribution is -2.48. The lowest BCUT2D eigenvalue weighted by atomic mass is 9.95. The monoisotopic (exact) mass is 576 g/mol. The number of rotatable bonds is 9. The molecule has 6 nitrogen and oxygen atoms in total. The van der Waals surface area contributed by atoms with Crippen molar-refractivity contribution in [3.05, 3.63) is 101 Å². The van der Waals surface area contributed by atoms with Crippen LogP contribution in [0.4, 0.5) is 4.39 Å². The number of methoxy groups -OCH3 is 2. The molecule has 1 unspecified atom stereocenters. The third-order valence-electron chi connectivity index (χ3n) is 7.51. The van der Waals surface area contributed by atoms with Crippen LogP contribution in [0.25, 0.3) is 0 Å². The molecule has 0 amide bonds. The van der Waals surface area contributed by atoms with Crippen molar-refractivity contribution in [2.75, 3.05) is 40.4 Å². The zero-order valence-electron chi connectivity index (χ0n) is 22.1. The van der Waals surface area contributed by atoms with Crippen LogP contribution in [-0.4, -0.2) is 62.3 Å². The van der Waals surface area contributed by atoms with Gasteiger partial charge in [0.05, 0.1) is 13.2 Å². The zero-order valence-corrected chi connectivity index (χ0v) is 23.8. The second-order valence-electron chi connectivity index (χ2n) is 9.74. The fourth-order valence-electron chi connectivity index (χ4n) is 5.22. The van der Waals surface area contributed by atoms with Crippen LogP contribution >= 0.6 is 24.8 Å². The topological polar surface area (TPSA) is 51.2 Å². The fourth-order valence-corrected chi connectivity index (χ4v) is 5.22. The van der Waals surface area contributed by atoms with Gasteiger partial charge in [-0.1, -0.05) is 54.6 Å². The van der Waals surface area contributed by atoms with E-state index in [4.69, 9.17) is 14.2 Å². The molecule has 0 N–H and O–H groups in total. The van der Waals surface area contributed by atoms with Gasteiger partial charge in [-0.15, -0.1) is 24.8 Å². The molecule has 0 bridgehead atoms. The summed E-state index contributed by atoms with van der Waals surface area (Å²) in [5.74, 6) is 0.245. The SMILES string of the molecule is COc1ccc([C@@]2(C(=O)OC(c3ccccc3)N3CCN(Cc4ccc(F)cc4)CC3)C[C@@H]2OC)cc1.Cl.Cl. The highest BCUT2D eigenvalue weighted by Gasteiger charge is 2.64.